The first kappa shape index (κ1) is 17.6. The molecule has 130 valence electrons. The van der Waals surface area contributed by atoms with Crippen LogP contribution in [0.25, 0.3) is 21.8 Å². The quantitative estimate of drug-likeness (QED) is 0.511. The van der Waals surface area contributed by atoms with E-state index in [9.17, 15) is 9.59 Å². The summed E-state index contributed by atoms with van der Waals surface area (Å²) in [6.07, 6.45) is 0. The standard InChI is InChI=1S/C18H17Cl2N3O2/c1-4-23-10-6-5-9(19)15(20)13(10)14-11(7(2)24)12(8(3)25)16(21)17(22)18(14)23/h5-6H,4,21-22H2,1-3H3. The van der Waals surface area contributed by atoms with Gasteiger partial charge in [-0.1, -0.05) is 23.2 Å². The predicted molar refractivity (Wildman–Crippen MR) is 104 cm³/mol. The minimum atomic E-state index is -0.327. The molecule has 3 aromatic rings. The highest BCUT2D eigenvalue weighted by molar-refractivity contribution is 6.47. The molecule has 7 heteroatoms. The van der Waals surface area contributed by atoms with E-state index in [1.807, 2.05) is 17.6 Å². The van der Waals surface area contributed by atoms with Crippen LogP contribution in [0.1, 0.15) is 41.5 Å². The van der Waals surface area contributed by atoms with Crippen molar-refractivity contribution in [2.24, 2.45) is 0 Å². The van der Waals surface area contributed by atoms with E-state index >= 15 is 0 Å². The minimum absolute atomic E-state index is 0.116. The molecule has 3 rings (SSSR count). The van der Waals surface area contributed by atoms with Gasteiger partial charge in [-0.05, 0) is 32.9 Å². The number of hydrogen-bond donors (Lipinski definition) is 2. The zero-order chi connectivity index (χ0) is 18.6. The van der Waals surface area contributed by atoms with Crippen LogP contribution in [0, 0.1) is 0 Å². The first-order valence-corrected chi connectivity index (χ1v) is 8.50. The molecule has 4 N–H and O–H groups in total. The van der Waals surface area contributed by atoms with Crippen LogP contribution in [0.2, 0.25) is 10.0 Å². The van der Waals surface area contributed by atoms with E-state index in [1.165, 1.54) is 13.8 Å². The molecule has 1 aromatic heterocycles. The van der Waals surface area contributed by atoms with E-state index in [4.69, 9.17) is 34.7 Å². The molecule has 0 atom stereocenters. The Morgan fingerprint density at radius 3 is 2.12 bits per heavy atom. The van der Waals surface area contributed by atoms with Crippen molar-refractivity contribution in [3.8, 4) is 0 Å². The molecule has 5 nitrogen and oxygen atoms in total. The molecular weight excluding hydrogens is 361 g/mol. The third-order valence-electron chi connectivity index (χ3n) is 4.46. The van der Waals surface area contributed by atoms with Crippen LogP contribution in [0.5, 0.6) is 0 Å². The first-order chi connectivity index (χ1) is 11.7. The number of halogens is 2. The Labute approximate surface area is 154 Å². The van der Waals surface area contributed by atoms with E-state index in [-0.39, 0.29) is 34.1 Å². The Kier molecular flexibility index (Phi) is 4.17. The highest BCUT2D eigenvalue weighted by Gasteiger charge is 2.27. The molecule has 0 aliphatic heterocycles. The Bertz CT molecular complexity index is 1080. The molecule has 2 aromatic carbocycles. The van der Waals surface area contributed by atoms with Crippen molar-refractivity contribution >= 4 is 67.9 Å². The van der Waals surface area contributed by atoms with Gasteiger partial charge in [-0.25, -0.2) is 0 Å². The Morgan fingerprint density at radius 1 is 1.00 bits per heavy atom. The van der Waals surface area contributed by atoms with Gasteiger partial charge >= 0.3 is 0 Å². The van der Waals surface area contributed by atoms with Crippen molar-refractivity contribution < 1.29 is 9.59 Å². The van der Waals surface area contributed by atoms with Gasteiger partial charge in [-0.2, -0.15) is 0 Å². The summed E-state index contributed by atoms with van der Waals surface area (Å²) in [5.74, 6) is -0.611. The summed E-state index contributed by atoms with van der Waals surface area (Å²) < 4.78 is 1.93. The smallest absolute Gasteiger partial charge is 0.162 e. The second-order valence-electron chi connectivity index (χ2n) is 5.91. The van der Waals surface area contributed by atoms with E-state index in [1.54, 1.807) is 6.07 Å². The molecule has 0 aliphatic rings. The van der Waals surface area contributed by atoms with Gasteiger partial charge in [0.25, 0.3) is 0 Å². The maximum absolute atomic E-state index is 12.5. The summed E-state index contributed by atoms with van der Waals surface area (Å²) in [5.41, 5.74) is 14.5. The van der Waals surface area contributed by atoms with Gasteiger partial charge in [0.05, 0.1) is 38.0 Å². The maximum atomic E-state index is 12.5. The fraction of sp³-hybridized carbons (Fsp3) is 0.222. The number of aryl methyl sites for hydroxylation is 1. The molecule has 0 saturated heterocycles. The molecule has 0 amide bonds. The summed E-state index contributed by atoms with van der Waals surface area (Å²) in [4.78, 5) is 24.6. The Balaban J connectivity index is 2.81. The molecule has 0 bridgehead atoms. The first-order valence-electron chi connectivity index (χ1n) is 7.74. The number of rotatable bonds is 3. The lowest BCUT2D eigenvalue weighted by molar-refractivity contribution is 0.0982. The average Bonchev–Trinajstić information content (AvgIpc) is 2.88. The number of benzene rings is 2. The number of carbonyl (C=O) groups excluding carboxylic acids is 2. The molecule has 0 aliphatic carbocycles. The normalized spacial score (nSPS) is 11.4. The highest BCUT2D eigenvalue weighted by Crippen LogP contribution is 2.45. The van der Waals surface area contributed by atoms with Crippen LogP contribution in [-0.2, 0) is 6.54 Å². The number of nitrogens with zero attached hydrogens (tertiary/aromatic N) is 1. The molecule has 0 unspecified atom stereocenters. The van der Waals surface area contributed by atoms with Crippen LogP contribution in [-0.4, -0.2) is 16.1 Å². The SMILES string of the molecule is CCn1c2ccc(Cl)c(Cl)c2c2c(C(C)=O)c(C(C)=O)c(N)c(N)c21. The lowest BCUT2D eigenvalue weighted by Crippen LogP contribution is -2.12. The zero-order valence-electron chi connectivity index (χ0n) is 14.0. The van der Waals surface area contributed by atoms with E-state index in [0.717, 1.165) is 5.52 Å². The van der Waals surface area contributed by atoms with Gasteiger partial charge in [0.2, 0.25) is 0 Å². The number of nitrogen functional groups attached to an aromatic ring is 2. The second kappa shape index (κ2) is 5.93. The summed E-state index contributed by atoms with van der Waals surface area (Å²) in [6.45, 7) is 5.28. The predicted octanol–water partition coefficient (Wildman–Crippen LogP) is 4.69. The van der Waals surface area contributed by atoms with Crippen LogP contribution in [0.3, 0.4) is 0 Å². The summed E-state index contributed by atoms with van der Waals surface area (Å²) in [5, 5.41) is 1.80. The van der Waals surface area contributed by atoms with E-state index in [2.05, 4.69) is 0 Å². The number of ketones is 2. The number of anilines is 2. The fourth-order valence-corrected chi connectivity index (χ4v) is 3.88. The molecule has 1 heterocycles. The van der Waals surface area contributed by atoms with Crippen molar-refractivity contribution in [1.82, 2.24) is 4.57 Å². The summed E-state index contributed by atoms with van der Waals surface area (Å²) in [7, 11) is 0. The Morgan fingerprint density at radius 2 is 1.60 bits per heavy atom. The van der Waals surface area contributed by atoms with E-state index < -0.39 is 0 Å². The van der Waals surface area contributed by atoms with Gasteiger partial charge < -0.3 is 16.0 Å². The lowest BCUT2D eigenvalue weighted by atomic mass is 9.93. The molecule has 0 saturated carbocycles. The largest absolute Gasteiger partial charge is 0.396 e. The monoisotopic (exact) mass is 377 g/mol. The summed E-state index contributed by atoms with van der Waals surface area (Å²) >= 11 is 12.7. The van der Waals surface area contributed by atoms with Crippen molar-refractivity contribution in [2.45, 2.75) is 27.3 Å². The van der Waals surface area contributed by atoms with Crippen molar-refractivity contribution in [3.05, 3.63) is 33.3 Å². The number of fused-ring (bicyclic) bond motifs is 3. The van der Waals surface area contributed by atoms with Crippen LogP contribution in [0.4, 0.5) is 11.4 Å². The molecule has 0 spiro atoms. The third kappa shape index (κ3) is 2.30. The topological polar surface area (TPSA) is 91.1 Å². The van der Waals surface area contributed by atoms with Crippen molar-refractivity contribution in [2.75, 3.05) is 11.5 Å². The molecular formula is C18H17Cl2N3O2. The molecule has 0 fully saturated rings. The molecule has 25 heavy (non-hydrogen) atoms. The average molecular weight is 378 g/mol. The van der Waals surface area contributed by atoms with Crippen molar-refractivity contribution in [3.63, 3.8) is 0 Å². The lowest BCUT2D eigenvalue weighted by Gasteiger charge is -2.14. The van der Waals surface area contributed by atoms with Crippen molar-refractivity contribution in [1.29, 1.82) is 0 Å². The fourth-order valence-electron chi connectivity index (χ4n) is 3.47. The number of hydrogen-bond acceptors (Lipinski definition) is 4. The van der Waals surface area contributed by atoms with Gasteiger partial charge in [-0.3, -0.25) is 9.59 Å². The van der Waals surface area contributed by atoms with Crippen LogP contribution >= 0.6 is 23.2 Å². The van der Waals surface area contributed by atoms with Crippen LogP contribution in [0.15, 0.2) is 12.1 Å². The van der Waals surface area contributed by atoms with Gasteiger partial charge in [0.1, 0.15) is 0 Å². The number of Topliss-reactive ketones (excluding diaryl/α,β-unsaturated/α-hetero) is 2. The number of aromatic nitrogens is 1. The number of nitrogens with two attached hydrogens (primary N) is 2. The zero-order valence-corrected chi connectivity index (χ0v) is 15.5. The highest BCUT2D eigenvalue weighted by atomic mass is 35.5. The minimum Gasteiger partial charge on any atom is -0.396 e. The third-order valence-corrected chi connectivity index (χ3v) is 5.26. The number of carbonyl (C=O) groups is 2. The Hall–Kier alpha value is -2.24. The van der Waals surface area contributed by atoms with Gasteiger partial charge in [0.15, 0.2) is 11.6 Å². The maximum Gasteiger partial charge on any atom is 0.162 e. The van der Waals surface area contributed by atoms with Gasteiger partial charge in [-0.15, -0.1) is 0 Å². The second-order valence-corrected chi connectivity index (χ2v) is 6.70. The summed E-state index contributed by atoms with van der Waals surface area (Å²) in [6, 6.07) is 3.51. The molecule has 0 radical (unpaired) electrons. The van der Waals surface area contributed by atoms with Crippen LogP contribution < -0.4 is 11.5 Å². The van der Waals surface area contributed by atoms with Gasteiger partial charge in [0, 0.05) is 22.9 Å². The van der Waals surface area contributed by atoms with E-state index in [0.29, 0.717) is 32.9 Å².